The largest absolute Gasteiger partial charge is 0.478 e. The molecule has 1 aromatic heterocycles. The highest BCUT2D eigenvalue weighted by Crippen LogP contribution is 2.28. The third-order valence-electron chi connectivity index (χ3n) is 4.04. The molecule has 26 heavy (non-hydrogen) atoms. The zero-order chi connectivity index (χ0) is 19.6. The molecule has 0 atom stereocenters. The van der Waals surface area contributed by atoms with Gasteiger partial charge in [-0.3, -0.25) is 14.9 Å². The number of nitro groups is 1. The first kappa shape index (κ1) is 19.2. The van der Waals surface area contributed by atoms with Gasteiger partial charge in [-0.15, -0.1) is 0 Å². The van der Waals surface area contributed by atoms with E-state index in [0.717, 1.165) is 0 Å². The third kappa shape index (κ3) is 3.90. The van der Waals surface area contributed by atoms with Gasteiger partial charge in [0, 0.05) is 24.2 Å². The molecule has 0 aliphatic carbocycles. The minimum Gasteiger partial charge on any atom is -0.478 e. The van der Waals surface area contributed by atoms with Crippen molar-refractivity contribution >= 4 is 17.6 Å². The lowest BCUT2D eigenvalue weighted by Crippen LogP contribution is -2.26. The van der Waals surface area contributed by atoms with E-state index in [1.165, 1.54) is 31.0 Å². The molecule has 8 heteroatoms. The molecule has 1 aromatic carbocycles. The Morgan fingerprint density at radius 3 is 2.46 bits per heavy atom. The second-order valence-corrected chi connectivity index (χ2v) is 6.33. The van der Waals surface area contributed by atoms with E-state index in [4.69, 9.17) is 9.52 Å². The van der Waals surface area contributed by atoms with Crippen molar-refractivity contribution in [3.8, 4) is 0 Å². The Bertz CT molecular complexity index is 869. The van der Waals surface area contributed by atoms with Crippen LogP contribution in [0.4, 0.5) is 5.69 Å². The van der Waals surface area contributed by atoms with Gasteiger partial charge in [-0.1, -0.05) is 19.9 Å². The molecular formula is C18H20N2O6. The summed E-state index contributed by atoms with van der Waals surface area (Å²) in [5.41, 5.74) is 0.686. The topological polar surface area (TPSA) is 114 Å². The van der Waals surface area contributed by atoms with Gasteiger partial charge < -0.3 is 14.4 Å². The predicted molar refractivity (Wildman–Crippen MR) is 93.4 cm³/mol. The maximum atomic E-state index is 12.6. The van der Waals surface area contributed by atoms with Crippen molar-refractivity contribution < 1.29 is 24.0 Å². The Hall–Kier alpha value is -3.16. The first-order chi connectivity index (χ1) is 12.1. The lowest BCUT2D eigenvalue weighted by atomic mass is 9.99. The van der Waals surface area contributed by atoms with Crippen molar-refractivity contribution in [2.45, 2.75) is 33.2 Å². The van der Waals surface area contributed by atoms with E-state index in [0.29, 0.717) is 11.3 Å². The van der Waals surface area contributed by atoms with E-state index in [1.807, 2.05) is 13.8 Å². The zero-order valence-electron chi connectivity index (χ0n) is 15.0. The summed E-state index contributed by atoms with van der Waals surface area (Å²) in [5.74, 6) is -0.993. The number of nitrogens with zero attached hydrogens (tertiary/aromatic N) is 2. The standard InChI is InChI=1S/C18H20N2O6/c1-10(2)14-6-5-12(7-16(14)20(24)25)17(21)19(4)9-13-8-15(18(22)23)11(3)26-13/h5-8,10H,9H2,1-4H3,(H,22,23). The van der Waals surface area contributed by atoms with Crippen molar-refractivity contribution in [3.05, 3.63) is 62.6 Å². The van der Waals surface area contributed by atoms with E-state index >= 15 is 0 Å². The van der Waals surface area contributed by atoms with Crippen LogP contribution in [0.3, 0.4) is 0 Å². The molecule has 1 N–H and O–H groups in total. The Morgan fingerprint density at radius 1 is 1.31 bits per heavy atom. The van der Waals surface area contributed by atoms with Gasteiger partial charge in [0.15, 0.2) is 0 Å². The molecule has 2 rings (SSSR count). The van der Waals surface area contributed by atoms with Gasteiger partial charge in [-0.2, -0.15) is 0 Å². The number of rotatable bonds is 6. The van der Waals surface area contributed by atoms with E-state index in [2.05, 4.69) is 0 Å². The highest BCUT2D eigenvalue weighted by Gasteiger charge is 2.22. The van der Waals surface area contributed by atoms with Gasteiger partial charge in [-0.05, 0) is 25.0 Å². The molecule has 0 radical (unpaired) electrons. The third-order valence-corrected chi connectivity index (χ3v) is 4.04. The van der Waals surface area contributed by atoms with Crippen LogP contribution in [0.15, 0.2) is 28.7 Å². The fourth-order valence-corrected chi connectivity index (χ4v) is 2.68. The highest BCUT2D eigenvalue weighted by molar-refractivity contribution is 5.95. The Morgan fingerprint density at radius 2 is 1.96 bits per heavy atom. The van der Waals surface area contributed by atoms with Gasteiger partial charge in [0.05, 0.1) is 11.5 Å². The monoisotopic (exact) mass is 360 g/mol. The number of furan rings is 1. The number of nitro benzene ring substituents is 1. The SMILES string of the molecule is Cc1oc(CN(C)C(=O)c2ccc(C(C)C)c([N+](=O)[O-])c2)cc1C(=O)O. The first-order valence-corrected chi connectivity index (χ1v) is 7.98. The number of amides is 1. The van der Waals surface area contributed by atoms with Crippen LogP contribution >= 0.6 is 0 Å². The van der Waals surface area contributed by atoms with Gasteiger partial charge in [0.2, 0.25) is 0 Å². The summed E-state index contributed by atoms with van der Waals surface area (Å²) in [6, 6.07) is 5.77. The summed E-state index contributed by atoms with van der Waals surface area (Å²) in [5, 5.41) is 20.3. The molecule has 0 aliphatic rings. The Balaban J connectivity index is 2.25. The molecule has 2 aromatic rings. The first-order valence-electron chi connectivity index (χ1n) is 7.98. The molecule has 138 valence electrons. The maximum Gasteiger partial charge on any atom is 0.339 e. The van der Waals surface area contributed by atoms with E-state index in [1.54, 1.807) is 12.1 Å². The van der Waals surface area contributed by atoms with Crippen molar-refractivity contribution in [1.29, 1.82) is 0 Å². The highest BCUT2D eigenvalue weighted by atomic mass is 16.6. The molecule has 0 aliphatic heterocycles. The number of hydrogen-bond acceptors (Lipinski definition) is 5. The quantitative estimate of drug-likeness (QED) is 0.622. The molecule has 0 fully saturated rings. The number of aryl methyl sites for hydroxylation is 1. The maximum absolute atomic E-state index is 12.6. The molecule has 1 heterocycles. The predicted octanol–water partition coefficient (Wildman–Crippen LogP) is 3.59. The summed E-state index contributed by atoms with van der Waals surface area (Å²) < 4.78 is 5.36. The summed E-state index contributed by atoms with van der Waals surface area (Å²) in [4.78, 5) is 35.7. The lowest BCUT2D eigenvalue weighted by molar-refractivity contribution is -0.385. The van der Waals surface area contributed by atoms with E-state index < -0.39 is 16.8 Å². The van der Waals surface area contributed by atoms with Gasteiger partial charge in [-0.25, -0.2) is 4.79 Å². The number of carboxylic acid groups (broad SMARTS) is 1. The average Bonchev–Trinajstić information content (AvgIpc) is 2.93. The van der Waals surface area contributed by atoms with Crippen molar-refractivity contribution in [3.63, 3.8) is 0 Å². The van der Waals surface area contributed by atoms with E-state index in [9.17, 15) is 19.7 Å². The second kappa shape index (κ2) is 7.38. The smallest absolute Gasteiger partial charge is 0.339 e. The van der Waals surface area contributed by atoms with Crippen LogP contribution < -0.4 is 0 Å². The van der Waals surface area contributed by atoms with Crippen LogP contribution in [0.25, 0.3) is 0 Å². The number of hydrogen-bond donors (Lipinski definition) is 1. The molecule has 0 bridgehead atoms. The second-order valence-electron chi connectivity index (χ2n) is 6.33. The van der Waals surface area contributed by atoms with E-state index in [-0.39, 0.29) is 35.0 Å². The molecule has 0 saturated heterocycles. The summed E-state index contributed by atoms with van der Waals surface area (Å²) >= 11 is 0. The van der Waals surface area contributed by atoms with Crippen LogP contribution in [0.1, 0.15) is 57.6 Å². The fourth-order valence-electron chi connectivity index (χ4n) is 2.68. The van der Waals surface area contributed by atoms with Crippen LogP contribution in [-0.2, 0) is 6.54 Å². The molecule has 0 unspecified atom stereocenters. The number of carbonyl (C=O) groups excluding carboxylic acids is 1. The minimum absolute atomic E-state index is 0.0396. The Kier molecular flexibility index (Phi) is 5.44. The van der Waals surface area contributed by atoms with Crippen LogP contribution in [-0.4, -0.2) is 33.9 Å². The molecular weight excluding hydrogens is 340 g/mol. The van der Waals surface area contributed by atoms with Crippen LogP contribution in [0.5, 0.6) is 0 Å². The minimum atomic E-state index is -1.11. The zero-order valence-corrected chi connectivity index (χ0v) is 15.0. The van der Waals surface area contributed by atoms with Crippen LogP contribution in [0, 0.1) is 17.0 Å². The van der Waals surface area contributed by atoms with Gasteiger partial charge in [0.1, 0.15) is 17.1 Å². The van der Waals surface area contributed by atoms with Crippen LogP contribution in [0.2, 0.25) is 0 Å². The number of benzene rings is 1. The number of carboxylic acids is 1. The number of carbonyl (C=O) groups is 2. The van der Waals surface area contributed by atoms with Crippen molar-refractivity contribution in [1.82, 2.24) is 4.90 Å². The van der Waals surface area contributed by atoms with Crippen molar-refractivity contribution in [2.75, 3.05) is 7.05 Å². The molecule has 8 nitrogen and oxygen atoms in total. The fraction of sp³-hybridized carbons (Fsp3) is 0.333. The van der Waals surface area contributed by atoms with Crippen molar-refractivity contribution in [2.24, 2.45) is 0 Å². The lowest BCUT2D eigenvalue weighted by Gasteiger charge is -2.16. The van der Waals surface area contributed by atoms with Gasteiger partial charge in [0.25, 0.3) is 11.6 Å². The summed E-state index contributed by atoms with van der Waals surface area (Å²) in [6.45, 7) is 5.26. The molecule has 0 saturated carbocycles. The van der Waals surface area contributed by atoms with Gasteiger partial charge >= 0.3 is 5.97 Å². The number of aromatic carboxylic acids is 1. The molecule has 1 amide bonds. The normalized spacial score (nSPS) is 10.8. The molecule has 0 spiro atoms. The summed E-state index contributed by atoms with van der Waals surface area (Å²) in [7, 11) is 1.52. The average molecular weight is 360 g/mol. The summed E-state index contributed by atoms with van der Waals surface area (Å²) in [6.07, 6.45) is 0. The Labute approximate surface area is 150 Å².